The van der Waals surface area contributed by atoms with Crippen LogP contribution in [0, 0.1) is 0 Å². The molecule has 2 aromatic carbocycles. The van der Waals surface area contributed by atoms with Crippen LogP contribution in [0.25, 0.3) is 0 Å². The van der Waals surface area contributed by atoms with Crippen LogP contribution in [0.5, 0.6) is 0 Å². The minimum Gasteiger partial charge on any atom is -0.381 e. The largest absolute Gasteiger partial charge is 0.381 e. The van der Waals surface area contributed by atoms with Crippen LogP contribution in [0.2, 0.25) is 0 Å². The maximum Gasteiger partial charge on any atom is 0.235 e. The van der Waals surface area contributed by atoms with Gasteiger partial charge in [-0.2, -0.15) is 0 Å². The van der Waals surface area contributed by atoms with Gasteiger partial charge in [-0.1, -0.05) is 48.5 Å². The van der Waals surface area contributed by atoms with Crippen molar-refractivity contribution in [3.05, 3.63) is 71.8 Å². The van der Waals surface area contributed by atoms with Crippen LogP contribution < -0.4 is 0 Å². The fourth-order valence-electron chi connectivity index (χ4n) is 2.02. The number of hydrogen-bond acceptors (Lipinski definition) is 2. The van der Waals surface area contributed by atoms with E-state index in [2.05, 4.69) is 0 Å². The fraction of sp³-hybridized carbons (Fsp3) is 0.235. The Morgan fingerprint density at radius 3 is 2.00 bits per heavy atom. The second kappa shape index (κ2) is 5.88. The van der Waals surface area contributed by atoms with Crippen LogP contribution in [-0.2, 0) is 0 Å². The van der Waals surface area contributed by atoms with E-state index in [-0.39, 0.29) is 0 Å². The predicted octanol–water partition coefficient (Wildman–Crippen LogP) is 3.02. The normalized spacial score (nSPS) is 14.1. The standard InChI is InChI=1S/C17H20NO2/c1-17(2,16(19)15-11-7-4-8-12-15)18(20)13-14-9-5-3-6-10-14/h3-13,16,19-20H,1-2H3/q+1. The van der Waals surface area contributed by atoms with Crippen molar-refractivity contribution in [2.45, 2.75) is 25.5 Å². The monoisotopic (exact) mass is 270 g/mol. The number of benzene rings is 2. The Balaban J connectivity index is 2.28. The molecule has 1 unspecified atom stereocenters. The molecule has 0 fully saturated rings. The molecule has 20 heavy (non-hydrogen) atoms. The molecule has 0 aliphatic rings. The summed E-state index contributed by atoms with van der Waals surface area (Å²) in [4.78, 5) is 0. The molecule has 0 saturated heterocycles. The van der Waals surface area contributed by atoms with E-state index in [0.29, 0.717) is 0 Å². The predicted molar refractivity (Wildman–Crippen MR) is 79.1 cm³/mol. The first kappa shape index (κ1) is 14.3. The van der Waals surface area contributed by atoms with Crippen molar-refractivity contribution in [3.63, 3.8) is 0 Å². The van der Waals surface area contributed by atoms with Gasteiger partial charge in [-0.25, -0.2) is 0 Å². The molecule has 1 atom stereocenters. The summed E-state index contributed by atoms with van der Waals surface area (Å²) in [7, 11) is 0. The van der Waals surface area contributed by atoms with Crippen LogP contribution in [0.4, 0.5) is 0 Å². The molecule has 0 saturated carbocycles. The molecule has 0 heterocycles. The summed E-state index contributed by atoms with van der Waals surface area (Å²) in [5.74, 6) is 0. The lowest BCUT2D eigenvalue weighted by molar-refractivity contribution is -0.825. The zero-order chi connectivity index (χ0) is 14.6. The third-order valence-corrected chi connectivity index (χ3v) is 3.45. The van der Waals surface area contributed by atoms with Crippen LogP contribution in [0.3, 0.4) is 0 Å². The van der Waals surface area contributed by atoms with E-state index in [0.717, 1.165) is 15.9 Å². The van der Waals surface area contributed by atoms with Crippen LogP contribution in [0.1, 0.15) is 31.1 Å². The highest BCUT2D eigenvalue weighted by molar-refractivity contribution is 5.75. The molecule has 3 nitrogen and oxygen atoms in total. The van der Waals surface area contributed by atoms with Gasteiger partial charge in [0.1, 0.15) is 6.10 Å². The van der Waals surface area contributed by atoms with E-state index in [1.807, 2.05) is 60.7 Å². The maximum absolute atomic E-state index is 10.5. The van der Waals surface area contributed by atoms with Crippen molar-refractivity contribution in [2.75, 3.05) is 0 Å². The Bertz CT molecular complexity index is 576. The van der Waals surface area contributed by atoms with Gasteiger partial charge in [0.25, 0.3) is 0 Å². The number of rotatable bonds is 4. The minimum absolute atomic E-state index is 0.776. The van der Waals surface area contributed by atoms with E-state index in [1.54, 1.807) is 20.1 Å². The van der Waals surface area contributed by atoms with Gasteiger partial charge in [0.05, 0.1) is 0 Å². The molecule has 0 aliphatic carbocycles. The zero-order valence-electron chi connectivity index (χ0n) is 11.8. The van der Waals surface area contributed by atoms with Gasteiger partial charge in [-0.15, -0.1) is 0 Å². The van der Waals surface area contributed by atoms with Crippen molar-refractivity contribution in [3.8, 4) is 0 Å². The highest BCUT2D eigenvalue weighted by Gasteiger charge is 2.41. The summed E-state index contributed by atoms with van der Waals surface area (Å²) in [5.41, 5.74) is 0.818. The van der Waals surface area contributed by atoms with Crippen molar-refractivity contribution in [1.29, 1.82) is 0 Å². The van der Waals surface area contributed by atoms with Gasteiger partial charge >= 0.3 is 0 Å². The third kappa shape index (κ3) is 3.06. The van der Waals surface area contributed by atoms with Gasteiger partial charge in [-0.3, -0.25) is 5.21 Å². The fourth-order valence-corrected chi connectivity index (χ4v) is 2.02. The first-order chi connectivity index (χ1) is 9.51. The molecule has 0 amide bonds. The van der Waals surface area contributed by atoms with Crippen molar-refractivity contribution < 1.29 is 15.1 Å². The Hall–Kier alpha value is -2.13. The summed E-state index contributed by atoms with van der Waals surface area (Å²) >= 11 is 0. The zero-order valence-corrected chi connectivity index (χ0v) is 11.8. The summed E-state index contributed by atoms with van der Waals surface area (Å²) in [6.07, 6.45) is 0.820. The topological polar surface area (TPSA) is 43.5 Å². The van der Waals surface area contributed by atoms with E-state index >= 15 is 0 Å². The van der Waals surface area contributed by atoms with Crippen LogP contribution >= 0.6 is 0 Å². The summed E-state index contributed by atoms with van der Waals surface area (Å²) in [6.45, 7) is 3.59. The third-order valence-electron chi connectivity index (χ3n) is 3.45. The first-order valence-electron chi connectivity index (χ1n) is 6.63. The lowest BCUT2D eigenvalue weighted by atomic mass is 9.91. The van der Waals surface area contributed by atoms with E-state index < -0.39 is 11.6 Å². The quantitative estimate of drug-likeness (QED) is 0.388. The van der Waals surface area contributed by atoms with Crippen molar-refractivity contribution >= 4 is 6.21 Å². The van der Waals surface area contributed by atoms with Crippen molar-refractivity contribution in [1.82, 2.24) is 0 Å². The average molecular weight is 270 g/mol. The molecule has 104 valence electrons. The number of aliphatic hydroxyl groups excluding tert-OH is 1. The first-order valence-corrected chi connectivity index (χ1v) is 6.63. The lowest BCUT2D eigenvalue weighted by Crippen LogP contribution is -2.41. The number of hydroxylamine groups is 1. The second-order valence-electron chi connectivity index (χ2n) is 5.35. The number of nitrogens with zero attached hydrogens (tertiary/aromatic N) is 1. The Morgan fingerprint density at radius 1 is 0.950 bits per heavy atom. The Morgan fingerprint density at radius 2 is 1.45 bits per heavy atom. The SMILES string of the molecule is CC(C)(C(O)c1ccccc1)[N+](O)=Cc1ccccc1. The smallest absolute Gasteiger partial charge is 0.235 e. The number of aliphatic hydroxyl groups is 1. The van der Waals surface area contributed by atoms with E-state index in [9.17, 15) is 10.3 Å². The van der Waals surface area contributed by atoms with Crippen molar-refractivity contribution in [2.24, 2.45) is 0 Å². The molecule has 0 radical (unpaired) electrons. The van der Waals surface area contributed by atoms with Gasteiger partial charge in [0.15, 0.2) is 0 Å². The Kier molecular flexibility index (Phi) is 4.20. The van der Waals surface area contributed by atoms with Gasteiger partial charge < -0.3 is 5.11 Å². The van der Waals surface area contributed by atoms with Crippen LogP contribution in [-0.4, -0.2) is 26.8 Å². The average Bonchev–Trinajstić information content (AvgIpc) is 2.48. The van der Waals surface area contributed by atoms with E-state index in [1.165, 1.54) is 0 Å². The molecule has 0 spiro atoms. The molecule has 3 heteroatoms. The highest BCUT2D eigenvalue weighted by atomic mass is 16.5. The lowest BCUT2D eigenvalue weighted by Gasteiger charge is -2.23. The molecule has 2 rings (SSSR count). The molecule has 0 aliphatic heterocycles. The molecular formula is C17H20NO2+. The summed E-state index contributed by atoms with van der Waals surface area (Å²) in [6, 6.07) is 18.9. The summed E-state index contributed by atoms with van der Waals surface area (Å²) < 4.78 is 1.07. The van der Waals surface area contributed by atoms with Gasteiger partial charge in [-0.05, 0) is 22.4 Å². The minimum atomic E-state index is -0.836. The molecule has 0 bridgehead atoms. The van der Waals surface area contributed by atoms with Gasteiger partial charge in [0, 0.05) is 19.4 Å². The summed E-state index contributed by atoms with van der Waals surface area (Å²) in [5, 5.41) is 20.8. The Labute approximate surface area is 119 Å². The molecule has 2 aromatic rings. The van der Waals surface area contributed by atoms with E-state index in [4.69, 9.17) is 0 Å². The molecular weight excluding hydrogens is 250 g/mol. The number of hydrogen-bond donors (Lipinski definition) is 2. The second-order valence-corrected chi connectivity index (χ2v) is 5.35. The van der Waals surface area contributed by atoms with Crippen LogP contribution in [0.15, 0.2) is 60.7 Å². The molecule has 0 aromatic heterocycles. The maximum atomic E-state index is 10.5. The van der Waals surface area contributed by atoms with Gasteiger partial charge in [0.2, 0.25) is 11.8 Å². The molecule has 2 N–H and O–H groups in total. The highest BCUT2D eigenvalue weighted by Crippen LogP contribution is 2.27.